The van der Waals surface area contributed by atoms with Gasteiger partial charge in [-0.3, -0.25) is 4.79 Å². The molecule has 0 saturated carbocycles. The van der Waals surface area contributed by atoms with Crippen LogP contribution in [0.2, 0.25) is 0 Å². The summed E-state index contributed by atoms with van der Waals surface area (Å²) >= 11 is 0. The second-order valence-electron chi connectivity index (χ2n) is 3.16. The van der Waals surface area contributed by atoms with Gasteiger partial charge in [-0.25, -0.2) is 4.79 Å². The quantitative estimate of drug-likeness (QED) is 0.755. The molecule has 0 fully saturated rings. The molecule has 0 spiro atoms. The Bertz CT molecular complexity index is 407. The van der Waals surface area contributed by atoms with E-state index in [1.807, 2.05) is 6.92 Å². The minimum Gasteiger partial charge on any atom is -0.478 e. The van der Waals surface area contributed by atoms with Gasteiger partial charge in [0.15, 0.2) is 0 Å². The number of benzene rings is 1. The summed E-state index contributed by atoms with van der Waals surface area (Å²) in [5.41, 5.74) is 1.02. The normalized spacial score (nSPS) is 10.3. The monoisotopic (exact) mass is 219 g/mol. The molecule has 84 valence electrons. The molecule has 2 N–H and O–H groups in total. The molecule has 0 radical (unpaired) electrons. The van der Waals surface area contributed by atoms with Crippen molar-refractivity contribution < 1.29 is 14.7 Å². The van der Waals surface area contributed by atoms with Crippen LogP contribution in [-0.2, 0) is 4.79 Å². The highest BCUT2D eigenvalue weighted by atomic mass is 16.4. The maximum atomic E-state index is 11.1. The first kappa shape index (κ1) is 12.0. The predicted molar refractivity (Wildman–Crippen MR) is 61.1 cm³/mol. The molecule has 16 heavy (non-hydrogen) atoms. The van der Waals surface area contributed by atoms with Crippen LogP contribution in [0.4, 0.5) is 0 Å². The Morgan fingerprint density at radius 2 is 1.94 bits per heavy atom. The van der Waals surface area contributed by atoms with Crippen LogP contribution in [-0.4, -0.2) is 23.5 Å². The fourth-order valence-electron chi connectivity index (χ4n) is 1.14. The zero-order chi connectivity index (χ0) is 12.0. The summed E-state index contributed by atoms with van der Waals surface area (Å²) in [5, 5.41) is 11.3. The summed E-state index contributed by atoms with van der Waals surface area (Å²) in [5.74, 6) is -1.12. The van der Waals surface area contributed by atoms with Gasteiger partial charge in [-0.15, -0.1) is 0 Å². The molecule has 1 amide bonds. The zero-order valence-electron chi connectivity index (χ0n) is 8.93. The maximum absolute atomic E-state index is 11.1. The molecule has 0 unspecified atom stereocenters. The summed E-state index contributed by atoms with van der Waals surface area (Å²) in [4.78, 5) is 21.7. The molecule has 0 bridgehead atoms. The van der Waals surface area contributed by atoms with E-state index in [0.29, 0.717) is 6.54 Å². The summed E-state index contributed by atoms with van der Waals surface area (Å²) < 4.78 is 0. The molecule has 0 aromatic heterocycles. The lowest BCUT2D eigenvalue weighted by Crippen LogP contribution is -2.19. The highest BCUT2D eigenvalue weighted by molar-refractivity contribution is 5.92. The Labute approximate surface area is 93.6 Å². The van der Waals surface area contributed by atoms with Gasteiger partial charge < -0.3 is 10.4 Å². The van der Waals surface area contributed by atoms with Crippen molar-refractivity contribution in [3.05, 3.63) is 41.5 Å². The number of carboxylic acids is 1. The Morgan fingerprint density at radius 3 is 2.44 bits per heavy atom. The molecule has 0 aliphatic rings. The van der Waals surface area contributed by atoms with Crippen molar-refractivity contribution in [2.45, 2.75) is 6.92 Å². The first-order valence-electron chi connectivity index (χ1n) is 4.92. The molecule has 1 rings (SSSR count). The largest absolute Gasteiger partial charge is 0.478 e. The average molecular weight is 219 g/mol. The Hall–Kier alpha value is -2.10. The molecular weight excluding hydrogens is 206 g/mol. The molecule has 0 atom stereocenters. The smallest absolute Gasteiger partial charge is 0.335 e. The van der Waals surface area contributed by atoms with Gasteiger partial charge in [0.25, 0.3) is 0 Å². The molecular formula is C12H13NO3. The molecule has 4 heteroatoms. The van der Waals surface area contributed by atoms with E-state index < -0.39 is 5.97 Å². The van der Waals surface area contributed by atoms with Gasteiger partial charge in [0.1, 0.15) is 0 Å². The van der Waals surface area contributed by atoms with Crippen molar-refractivity contribution in [3.63, 3.8) is 0 Å². The molecule has 4 nitrogen and oxygen atoms in total. The van der Waals surface area contributed by atoms with Crippen LogP contribution in [0.5, 0.6) is 0 Å². The van der Waals surface area contributed by atoms with Gasteiger partial charge in [0.2, 0.25) is 5.91 Å². The van der Waals surface area contributed by atoms with Crippen LogP contribution >= 0.6 is 0 Å². The van der Waals surface area contributed by atoms with Gasteiger partial charge in [-0.2, -0.15) is 0 Å². The van der Waals surface area contributed by atoms with Gasteiger partial charge in [-0.1, -0.05) is 12.1 Å². The summed E-state index contributed by atoms with van der Waals surface area (Å²) in [6.45, 7) is 2.43. The number of hydrogen-bond donors (Lipinski definition) is 2. The molecule has 1 aromatic rings. The molecule has 0 aliphatic heterocycles. The van der Waals surface area contributed by atoms with E-state index in [1.165, 1.54) is 18.2 Å². The highest BCUT2D eigenvalue weighted by Gasteiger charge is 2.00. The van der Waals surface area contributed by atoms with E-state index in [2.05, 4.69) is 5.32 Å². The minimum atomic E-state index is -0.959. The van der Waals surface area contributed by atoms with Gasteiger partial charge >= 0.3 is 5.97 Å². The molecule has 0 aliphatic carbocycles. The Balaban J connectivity index is 2.68. The second-order valence-corrected chi connectivity index (χ2v) is 3.16. The topological polar surface area (TPSA) is 66.4 Å². The van der Waals surface area contributed by atoms with Crippen LogP contribution in [0.25, 0.3) is 6.08 Å². The number of carboxylic acid groups (broad SMARTS) is 1. The van der Waals surface area contributed by atoms with E-state index in [1.54, 1.807) is 18.2 Å². The molecule has 0 saturated heterocycles. The second kappa shape index (κ2) is 5.70. The van der Waals surface area contributed by atoms with Gasteiger partial charge in [0, 0.05) is 12.6 Å². The average Bonchev–Trinajstić information content (AvgIpc) is 2.27. The number of carbonyl (C=O) groups is 2. The van der Waals surface area contributed by atoms with Gasteiger partial charge in [-0.05, 0) is 30.7 Å². The van der Waals surface area contributed by atoms with Crippen molar-refractivity contribution in [2.75, 3.05) is 6.54 Å². The number of carbonyl (C=O) groups excluding carboxylic acids is 1. The SMILES string of the molecule is CCNC(=O)/C=C/c1ccc(C(=O)O)cc1. The first-order chi connectivity index (χ1) is 7.63. The van der Waals surface area contributed by atoms with Crippen LogP contribution in [0, 0.1) is 0 Å². The van der Waals surface area contributed by atoms with E-state index in [4.69, 9.17) is 5.11 Å². The lowest BCUT2D eigenvalue weighted by molar-refractivity contribution is -0.116. The van der Waals surface area contributed by atoms with E-state index >= 15 is 0 Å². The highest BCUT2D eigenvalue weighted by Crippen LogP contribution is 2.05. The third-order valence-electron chi connectivity index (χ3n) is 1.94. The van der Waals surface area contributed by atoms with Gasteiger partial charge in [0.05, 0.1) is 5.56 Å². The minimum absolute atomic E-state index is 0.162. The lowest BCUT2D eigenvalue weighted by Gasteiger charge is -1.97. The number of nitrogens with one attached hydrogen (secondary N) is 1. The van der Waals surface area contributed by atoms with Crippen molar-refractivity contribution in [1.82, 2.24) is 5.32 Å². The van der Waals surface area contributed by atoms with Crippen LogP contribution in [0.3, 0.4) is 0 Å². The number of aromatic carboxylic acids is 1. The van der Waals surface area contributed by atoms with Crippen molar-refractivity contribution >= 4 is 18.0 Å². The maximum Gasteiger partial charge on any atom is 0.335 e. The zero-order valence-corrected chi connectivity index (χ0v) is 8.93. The van der Waals surface area contributed by atoms with Crippen LogP contribution in [0.1, 0.15) is 22.8 Å². The van der Waals surface area contributed by atoms with Crippen molar-refractivity contribution in [3.8, 4) is 0 Å². The number of hydrogen-bond acceptors (Lipinski definition) is 2. The summed E-state index contributed by atoms with van der Waals surface area (Å²) in [7, 11) is 0. The van der Waals surface area contributed by atoms with Crippen LogP contribution in [0.15, 0.2) is 30.3 Å². The fourth-order valence-corrected chi connectivity index (χ4v) is 1.14. The third-order valence-corrected chi connectivity index (χ3v) is 1.94. The van der Waals surface area contributed by atoms with E-state index in [0.717, 1.165) is 5.56 Å². The molecule has 0 heterocycles. The van der Waals surface area contributed by atoms with E-state index in [9.17, 15) is 9.59 Å². The number of rotatable bonds is 4. The summed E-state index contributed by atoms with van der Waals surface area (Å²) in [6, 6.07) is 6.30. The summed E-state index contributed by atoms with van der Waals surface area (Å²) in [6.07, 6.45) is 3.05. The Kier molecular flexibility index (Phi) is 4.27. The van der Waals surface area contributed by atoms with Crippen molar-refractivity contribution in [2.24, 2.45) is 0 Å². The van der Waals surface area contributed by atoms with Crippen LogP contribution < -0.4 is 5.32 Å². The number of amides is 1. The van der Waals surface area contributed by atoms with Crippen molar-refractivity contribution in [1.29, 1.82) is 0 Å². The lowest BCUT2D eigenvalue weighted by atomic mass is 10.1. The standard InChI is InChI=1S/C12H13NO3/c1-2-13-11(14)8-5-9-3-6-10(7-4-9)12(15)16/h3-8H,2H2,1H3,(H,13,14)(H,15,16)/b8-5+. The third kappa shape index (κ3) is 3.57. The molecule has 1 aromatic carbocycles. The Morgan fingerprint density at radius 1 is 1.31 bits per heavy atom. The first-order valence-corrected chi connectivity index (χ1v) is 4.92. The fraction of sp³-hybridized carbons (Fsp3) is 0.167. The van der Waals surface area contributed by atoms with E-state index in [-0.39, 0.29) is 11.5 Å². The number of likely N-dealkylation sites (N-methyl/N-ethyl adjacent to an activating group) is 1. The predicted octanol–water partition coefficient (Wildman–Crippen LogP) is 1.53.